The lowest BCUT2D eigenvalue weighted by Gasteiger charge is -2.48. The number of nitrogens with zero attached hydrogens (tertiary/aromatic N) is 8. The first-order chi connectivity index (χ1) is 31.2. The standard InChI is InChI=1S/C47H57F2N11O5/c1-46(2)7-12-55(13-8-46)21-29-17-36(49)38(19-35(29)48)59-26-42(62)54-47(27-59)9-14-57(15-10-47)40-20-39(51-28-52-40)50-11-16-56-22-30-24-58(25-31(30)23-56)32-3-4-33-34(18-32)45(65)60(44(33)64)37-5-6-41(61)53-43(37)63/h3-4,17-20,28,30-31,37H,5-16,21-27H2,1-2H3,(H,54,62)(H,50,51,52)(H,53,61,63)/t30-,31+,37?. The van der Waals surface area contributed by atoms with Crippen molar-refractivity contribution >= 4 is 52.5 Å². The quantitative estimate of drug-likeness (QED) is 0.255. The molecule has 0 aliphatic carbocycles. The number of imide groups is 2. The number of halogens is 2. The summed E-state index contributed by atoms with van der Waals surface area (Å²) in [5.74, 6) is -0.737. The van der Waals surface area contributed by atoms with Crippen molar-refractivity contribution in [2.75, 3.05) is 98.6 Å². The number of piperidine rings is 3. The molecule has 6 saturated heterocycles. The Morgan fingerprint density at radius 3 is 2.25 bits per heavy atom. The van der Waals surface area contributed by atoms with Crippen molar-refractivity contribution in [2.24, 2.45) is 17.3 Å². The van der Waals surface area contributed by atoms with Crippen LogP contribution in [-0.2, 0) is 20.9 Å². The number of anilines is 4. The van der Waals surface area contributed by atoms with E-state index in [1.807, 2.05) is 12.1 Å². The number of likely N-dealkylation sites (tertiary alicyclic amines) is 2. The summed E-state index contributed by atoms with van der Waals surface area (Å²) < 4.78 is 31.2. The molecule has 0 bridgehead atoms. The first kappa shape index (κ1) is 43.2. The van der Waals surface area contributed by atoms with E-state index in [2.05, 4.69) is 59.4 Å². The number of fused-ring (bicyclic) bond motifs is 2. The molecule has 7 aliphatic rings. The molecule has 16 nitrogen and oxygen atoms in total. The van der Waals surface area contributed by atoms with Crippen LogP contribution in [0, 0.1) is 28.9 Å². The van der Waals surface area contributed by atoms with Crippen molar-refractivity contribution in [3.63, 3.8) is 0 Å². The molecule has 8 heterocycles. The monoisotopic (exact) mass is 893 g/mol. The maximum Gasteiger partial charge on any atom is 0.262 e. The molecule has 18 heteroatoms. The number of piperazine rings is 1. The third-order valence-corrected chi connectivity index (χ3v) is 15.1. The zero-order chi connectivity index (χ0) is 45.2. The minimum atomic E-state index is -0.988. The topological polar surface area (TPSA) is 167 Å². The van der Waals surface area contributed by atoms with Crippen LogP contribution in [0.25, 0.3) is 0 Å². The Labute approximate surface area is 377 Å². The lowest BCUT2D eigenvalue weighted by Crippen LogP contribution is -2.66. The smallest absolute Gasteiger partial charge is 0.262 e. The van der Waals surface area contributed by atoms with Crippen molar-refractivity contribution in [1.29, 1.82) is 0 Å². The summed E-state index contributed by atoms with van der Waals surface area (Å²) in [6.07, 6.45) is 5.05. The molecular weight excluding hydrogens is 837 g/mol. The predicted molar refractivity (Wildman–Crippen MR) is 238 cm³/mol. The van der Waals surface area contributed by atoms with E-state index in [4.69, 9.17) is 0 Å². The number of rotatable bonds is 10. The van der Waals surface area contributed by atoms with E-state index in [0.29, 0.717) is 68.5 Å². The van der Waals surface area contributed by atoms with Crippen LogP contribution in [0.2, 0.25) is 0 Å². The van der Waals surface area contributed by atoms with Crippen LogP contribution in [0.1, 0.15) is 78.7 Å². The Morgan fingerprint density at radius 2 is 1.51 bits per heavy atom. The van der Waals surface area contributed by atoms with E-state index in [0.717, 1.165) is 80.9 Å². The van der Waals surface area contributed by atoms with Crippen LogP contribution in [0.4, 0.5) is 31.8 Å². The first-order valence-electron chi connectivity index (χ1n) is 23.1. The summed E-state index contributed by atoms with van der Waals surface area (Å²) in [6.45, 7) is 13.3. The van der Waals surface area contributed by atoms with Gasteiger partial charge in [-0.3, -0.25) is 39.1 Å². The van der Waals surface area contributed by atoms with Gasteiger partial charge in [-0.15, -0.1) is 0 Å². The Balaban J connectivity index is 0.689. The number of hydrogen-bond donors (Lipinski definition) is 3. The summed E-state index contributed by atoms with van der Waals surface area (Å²) >= 11 is 0. The van der Waals surface area contributed by atoms with E-state index >= 15 is 8.78 Å². The summed E-state index contributed by atoms with van der Waals surface area (Å²) in [4.78, 5) is 84.6. The summed E-state index contributed by atoms with van der Waals surface area (Å²) in [5, 5.41) is 8.92. The number of nitrogens with one attached hydrogen (secondary N) is 3. The van der Waals surface area contributed by atoms with Crippen molar-refractivity contribution in [1.82, 2.24) is 35.3 Å². The number of carbonyl (C=O) groups excluding carboxylic acids is 5. The lowest BCUT2D eigenvalue weighted by atomic mass is 9.82. The van der Waals surface area contributed by atoms with Crippen molar-refractivity contribution in [2.45, 2.75) is 70.5 Å². The molecule has 1 spiro atoms. The summed E-state index contributed by atoms with van der Waals surface area (Å²) in [6, 6.07) is 8.87. The number of carbonyl (C=O) groups is 5. The maximum atomic E-state index is 15.7. The second-order valence-electron chi connectivity index (χ2n) is 20.1. The Hall–Kier alpha value is -5.75. The largest absolute Gasteiger partial charge is 0.371 e. The molecular formula is C47H57F2N11O5. The van der Waals surface area contributed by atoms with E-state index in [-0.39, 0.29) is 42.0 Å². The van der Waals surface area contributed by atoms with Crippen LogP contribution in [0.15, 0.2) is 42.7 Å². The van der Waals surface area contributed by atoms with Gasteiger partial charge in [-0.2, -0.15) is 0 Å². The molecule has 7 aliphatic heterocycles. The van der Waals surface area contributed by atoms with Gasteiger partial charge in [0.2, 0.25) is 17.7 Å². The molecule has 1 unspecified atom stereocenters. The molecule has 5 amide bonds. The van der Waals surface area contributed by atoms with Crippen molar-refractivity contribution in [3.05, 3.63) is 71.1 Å². The van der Waals surface area contributed by atoms with Gasteiger partial charge in [0.1, 0.15) is 35.6 Å². The van der Waals surface area contributed by atoms with Gasteiger partial charge in [-0.25, -0.2) is 18.7 Å². The summed E-state index contributed by atoms with van der Waals surface area (Å²) in [7, 11) is 0. The molecule has 2 aromatic carbocycles. The SMILES string of the molecule is CC1(C)CCN(Cc2cc(F)c(N3CC(=O)NC4(CCN(c5cc(NCCN6C[C@@H]7CN(c8ccc9c(c8)C(=O)N(C8CCC(=O)NC8=O)C9=O)C[C@@H]7C6)ncn5)CC4)C3)cc2F)CC1. The van der Waals surface area contributed by atoms with Crippen LogP contribution in [0.5, 0.6) is 0 Å². The number of amides is 5. The van der Waals surface area contributed by atoms with Gasteiger partial charge in [0.25, 0.3) is 11.8 Å². The Kier molecular flexibility index (Phi) is 11.2. The fraction of sp³-hybridized carbons (Fsp3) is 0.553. The van der Waals surface area contributed by atoms with Gasteiger partial charge >= 0.3 is 0 Å². The van der Waals surface area contributed by atoms with E-state index in [9.17, 15) is 24.0 Å². The van der Waals surface area contributed by atoms with Crippen LogP contribution in [0.3, 0.4) is 0 Å². The second-order valence-corrected chi connectivity index (χ2v) is 20.1. The average molecular weight is 894 g/mol. The second kappa shape index (κ2) is 16.9. The zero-order valence-corrected chi connectivity index (χ0v) is 37.1. The van der Waals surface area contributed by atoms with Gasteiger partial charge < -0.3 is 30.2 Å². The molecule has 3 aromatic rings. The van der Waals surface area contributed by atoms with Crippen LogP contribution >= 0.6 is 0 Å². The average Bonchev–Trinajstić information content (AvgIpc) is 3.92. The van der Waals surface area contributed by atoms with Gasteiger partial charge in [0.15, 0.2) is 0 Å². The molecule has 0 saturated carbocycles. The van der Waals surface area contributed by atoms with Crippen LogP contribution in [-0.4, -0.2) is 144 Å². The highest BCUT2D eigenvalue weighted by molar-refractivity contribution is 6.23. The minimum Gasteiger partial charge on any atom is -0.371 e. The molecule has 10 rings (SSSR count). The van der Waals surface area contributed by atoms with Crippen LogP contribution < -0.4 is 30.7 Å². The normalized spacial score (nSPS) is 25.6. The molecule has 3 N–H and O–H groups in total. The zero-order valence-electron chi connectivity index (χ0n) is 37.1. The highest BCUT2D eigenvalue weighted by Crippen LogP contribution is 2.38. The van der Waals surface area contributed by atoms with Crippen molar-refractivity contribution in [3.8, 4) is 0 Å². The lowest BCUT2D eigenvalue weighted by molar-refractivity contribution is -0.136. The highest BCUT2D eigenvalue weighted by Gasteiger charge is 2.46. The number of aromatic nitrogens is 2. The third-order valence-electron chi connectivity index (χ3n) is 15.1. The molecule has 6 fully saturated rings. The number of hydrogen-bond acceptors (Lipinski definition) is 13. The molecule has 65 heavy (non-hydrogen) atoms. The Morgan fingerprint density at radius 1 is 0.769 bits per heavy atom. The predicted octanol–water partition coefficient (Wildman–Crippen LogP) is 3.23. The molecule has 344 valence electrons. The minimum absolute atomic E-state index is 0.0288. The summed E-state index contributed by atoms with van der Waals surface area (Å²) in [5.41, 5.74) is 1.63. The first-order valence-corrected chi connectivity index (χ1v) is 23.1. The van der Waals surface area contributed by atoms with E-state index in [1.54, 1.807) is 23.4 Å². The fourth-order valence-electron chi connectivity index (χ4n) is 11.2. The van der Waals surface area contributed by atoms with E-state index < -0.39 is 46.8 Å². The molecule has 0 radical (unpaired) electrons. The van der Waals surface area contributed by atoms with Crippen molar-refractivity contribution < 1.29 is 32.8 Å². The van der Waals surface area contributed by atoms with Gasteiger partial charge in [-0.05, 0) is 86.7 Å². The highest BCUT2D eigenvalue weighted by atomic mass is 19.1. The van der Waals surface area contributed by atoms with Gasteiger partial charge in [0, 0.05) is 95.3 Å². The number of benzene rings is 2. The Bertz CT molecular complexity index is 2400. The van der Waals surface area contributed by atoms with E-state index in [1.165, 1.54) is 12.1 Å². The molecule has 1 aromatic heterocycles. The molecule has 3 atom stereocenters. The van der Waals surface area contributed by atoms with Gasteiger partial charge in [-0.1, -0.05) is 13.8 Å². The maximum absolute atomic E-state index is 15.7. The third kappa shape index (κ3) is 8.62. The van der Waals surface area contributed by atoms with Gasteiger partial charge in [0.05, 0.1) is 28.9 Å². The fourth-order valence-corrected chi connectivity index (χ4v) is 11.2.